The van der Waals surface area contributed by atoms with Gasteiger partial charge in [-0.2, -0.15) is 11.8 Å². The number of epoxide rings is 1. The lowest BCUT2D eigenvalue weighted by molar-refractivity contribution is -0.151. The lowest BCUT2D eigenvalue weighted by Gasteiger charge is -2.32. The van der Waals surface area contributed by atoms with Crippen LogP contribution in [0, 0.1) is 17.8 Å². The van der Waals surface area contributed by atoms with Crippen LogP contribution in [-0.4, -0.2) is 144 Å². The van der Waals surface area contributed by atoms with E-state index in [2.05, 4.69) is 34.3 Å². The normalized spacial score (nSPS) is 32.3. The number of rotatable bonds is 23. The SMILES string of the molecule is CCC(O)C(C)C1OC1CC(C)/C=C/C=C(\C)C1OC(=O)CC(O)CCC(C)(O)C(OC(=O)NCCOCCOCCNC(=O)CCCCC2SCC3NC(=O)NC32)/C=C/C1C. The molecule has 0 radical (unpaired) electrons. The molecule has 7 N–H and O–H groups in total. The molecule has 4 amide bonds. The summed E-state index contributed by atoms with van der Waals surface area (Å²) in [5, 5.41) is 44.1. The Hall–Kier alpha value is -3.19. The largest absolute Gasteiger partial charge is 0.457 e. The van der Waals surface area contributed by atoms with Gasteiger partial charge in [0.05, 0.1) is 69.3 Å². The van der Waals surface area contributed by atoms with E-state index in [9.17, 15) is 34.5 Å². The average Bonchev–Trinajstić information content (AvgIpc) is 3.74. The minimum absolute atomic E-state index is 0.0166. The number of esters is 1. The number of hydrogen-bond donors (Lipinski definition) is 7. The van der Waals surface area contributed by atoms with Gasteiger partial charge in [-0.05, 0) is 69.9 Å². The van der Waals surface area contributed by atoms with Gasteiger partial charge in [0.1, 0.15) is 11.7 Å². The highest BCUT2D eigenvalue weighted by Gasteiger charge is 2.45. The Balaban J connectivity index is 1.13. The first-order valence-electron chi connectivity index (χ1n) is 22.6. The lowest BCUT2D eigenvalue weighted by atomic mass is 9.88. The molecule has 0 bridgehead atoms. The second-order valence-corrected chi connectivity index (χ2v) is 18.9. The van der Waals surface area contributed by atoms with Crippen LogP contribution in [0.25, 0.3) is 0 Å². The van der Waals surface area contributed by atoms with Crippen molar-refractivity contribution in [2.24, 2.45) is 17.8 Å². The average molecular weight is 895 g/mol. The number of amides is 4. The summed E-state index contributed by atoms with van der Waals surface area (Å²) in [7, 11) is 0. The van der Waals surface area contributed by atoms with Crippen LogP contribution in [0.2, 0.25) is 0 Å². The molecule has 13 atom stereocenters. The first-order chi connectivity index (χ1) is 29.6. The number of urea groups is 1. The summed E-state index contributed by atoms with van der Waals surface area (Å²) in [6.45, 7) is 13.0. The Kier molecular flexibility index (Phi) is 21.5. The monoisotopic (exact) mass is 895 g/mol. The highest BCUT2D eigenvalue weighted by Crippen LogP contribution is 2.37. The molecule has 3 saturated heterocycles. The van der Waals surface area contributed by atoms with Crippen LogP contribution in [0.1, 0.15) is 99.3 Å². The van der Waals surface area contributed by atoms with Crippen LogP contribution in [-0.2, 0) is 33.3 Å². The number of cyclic esters (lactones) is 1. The van der Waals surface area contributed by atoms with Gasteiger partial charge >= 0.3 is 18.1 Å². The number of aliphatic hydroxyl groups is 3. The number of carbonyl (C=O) groups is 4. The van der Waals surface area contributed by atoms with Gasteiger partial charge in [0.2, 0.25) is 5.91 Å². The van der Waals surface area contributed by atoms with Crippen molar-refractivity contribution in [2.45, 2.75) is 159 Å². The number of ether oxygens (including phenoxy) is 5. The van der Waals surface area contributed by atoms with Crippen molar-refractivity contribution in [1.82, 2.24) is 21.3 Å². The maximum absolute atomic E-state index is 12.9. The predicted octanol–water partition coefficient (Wildman–Crippen LogP) is 4.06. The third-order valence-corrected chi connectivity index (χ3v) is 13.6. The summed E-state index contributed by atoms with van der Waals surface area (Å²) in [5.41, 5.74) is -0.770. The van der Waals surface area contributed by atoms with Crippen molar-refractivity contribution < 1.29 is 58.2 Å². The zero-order valence-corrected chi connectivity index (χ0v) is 38.4. The number of aliphatic hydroxyl groups excluding tert-OH is 2. The summed E-state index contributed by atoms with van der Waals surface area (Å²) >= 11 is 1.87. The topological polar surface area (TPSA) is 227 Å². The molecule has 17 heteroatoms. The Labute approximate surface area is 372 Å². The second-order valence-electron chi connectivity index (χ2n) is 17.6. The maximum Gasteiger partial charge on any atom is 0.407 e. The Morgan fingerprint density at radius 3 is 2.53 bits per heavy atom. The maximum atomic E-state index is 12.9. The summed E-state index contributed by atoms with van der Waals surface area (Å²) < 4.78 is 28.5. The molecule has 0 saturated carbocycles. The number of allylic oxidation sites excluding steroid dienone is 3. The van der Waals surface area contributed by atoms with Crippen LogP contribution in [0.5, 0.6) is 0 Å². The van der Waals surface area contributed by atoms with Crippen LogP contribution >= 0.6 is 11.8 Å². The van der Waals surface area contributed by atoms with Crippen molar-refractivity contribution in [3.63, 3.8) is 0 Å². The van der Waals surface area contributed by atoms with Gasteiger partial charge in [-0.15, -0.1) is 0 Å². The molecular weight excluding hydrogens is 821 g/mol. The van der Waals surface area contributed by atoms with E-state index in [-0.39, 0.29) is 99.1 Å². The van der Waals surface area contributed by atoms with Gasteiger partial charge in [-0.1, -0.05) is 58.4 Å². The molecule has 62 heavy (non-hydrogen) atoms. The van der Waals surface area contributed by atoms with Gasteiger partial charge in [0, 0.05) is 42.3 Å². The van der Waals surface area contributed by atoms with Crippen molar-refractivity contribution in [3.05, 3.63) is 36.0 Å². The first kappa shape index (κ1) is 51.4. The Morgan fingerprint density at radius 1 is 1.08 bits per heavy atom. The molecule has 13 unspecified atom stereocenters. The fourth-order valence-corrected chi connectivity index (χ4v) is 9.66. The molecule has 3 fully saturated rings. The molecular formula is C45H74N4O12S. The fourth-order valence-electron chi connectivity index (χ4n) is 8.12. The second kappa shape index (κ2) is 25.9. The molecule has 4 heterocycles. The van der Waals surface area contributed by atoms with E-state index in [0.717, 1.165) is 37.0 Å². The van der Waals surface area contributed by atoms with Gasteiger partial charge in [0.25, 0.3) is 0 Å². The van der Waals surface area contributed by atoms with E-state index >= 15 is 0 Å². The summed E-state index contributed by atoms with van der Waals surface area (Å²) in [4.78, 5) is 49.5. The molecule has 4 aliphatic heterocycles. The van der Waals surface area contributed by atoms with Crippen molar-refractivity contribution in [2.75, 3.05) is 45.3 Å². The molecule has 16 nitrogen and oxygen atoms in total. The number of alkyl carbamates (subject to hydrolysis) is 1. The van der Waals surface area contributed by atoms with Crippen LogP contribution in [0.15, 0.2) is 36.0 Å². The Bertz CT molecular complexity index is 1530. The lowest BCUT2D eigenvalue weighted by Crippen LogP contribution is -2.44. The van der Waals surface area contributed by atoms with Crippen molar-refractivity contribution in [3.8, 4) is 0 Å². The molecule has 0 aromatic rings. The minimum atomic E-state index is -1.55. The molecule has 0 aliphatic carbocycles. The van der Waals surface area contributed by atoms with E-state index in [1.54, 1.807) is 12.2 Å². The summed E-state index contributed by atoms with van der Waals surface area (Å²) in [6.07, 6.45) is 10.1. The van der Waals surface area contributed by atoms with Crippen LogP contribution in [0.4, 0.5) is 9.59 Å². The first-order valence-corrected chi connectivity index (χ1v) is 23.6. The third-order valence-electron chi connectivity index (χ3n) is 12.1. The van der Waals surface area contributed by atoms with Gasteiger partial charge in [-0.3, -0.25) is 9.59 Å². The molecule has 0 aromatic heterocycles. The van der Waals surface area contributed by atoms with E-state index < -0.39 is 36.0 Å². The van der Waals surface area contributed by atoms with E-state index in [4.69, 9.17) is 23.7 Å². The smallest absolute Gasteiger partial charge is 0.407 e. The molecule has 4 rings (SSSR count). The van der Waals surface area contributed by atoms with Crippen LogP contribution in [0.3, 0.4) is 0 Å². The summed E-state index contributed by atoms with van der Waals surface area (Å²) in [5.74, 6) is 0.301. The predicted molar refractivity (Wildman–Crippen MR) is 236 cm³/mol. The molecule has 4 aliphatic rings. The minimum Gasteiger partial charge on any atom is -0.457 e. The summed E-state index contributed by atoms with van der Waals surface area (Å²) in [6, 6.07) is 0.306. The molecule has 352 valence electrons. The number of carbonyl (C=O) groups excluding carboxylic acids is 4. The van der Waals surface area contributed by atoms with E-state index in [0.29, 0.717) is 37.9 Å². The van der Waals surface area contributed by atoms with Gasteiger partial charge in [-0.25, -0.2) is 9.59 Å². The highest BCUT2D eigenvalue weighted by molar-refractivity contribution is 8.00. The highest BCUT2D eigenvalue weighted by atomic mass is 32.2. The number of thioether (sulfide) groups is 1. The molecule has 0 spiro atoms. The van der Waals surface area contributed by atoms with Gasteiger partial charge in [0.15, 0.2) is 6.10 Å². The van der Waals surface area contributed by atoms with Gasteiger partial charge < -0.3 is 60.3 Å². The molecule has 0 aromatic carbocycles. The quantitative estimate of drug-likeness (QED) is 0.0192. The third kappa shape index (κ3) is 17.4. The van der Waals surface area contributed by atoms with E-state index in [1.807, 2.05) is 51.6 Å². The number of fused-ring (bicyclic) bond motifs is 1. The number of hydrogen-bond acceptors (Lipinski definition) is 13. The zero-order valence-electron chi connectivity index (χ0n) is 37.6. The number of unbranched alkanes of at least 4 members (excludes halogenated alkanes) is 1. The zero-order chi connectivity index (χ0) is 45.2. The van der Waals surface area contributed by atoms with Crippen LogP contribution < -0.4 is 21.3 Å². The number of nitrogens with one attached hydrogen (secondary N) is 4. The van der Waals surface area contributed by atoms with Crippen molar-refractivity contribution in [1.29, 1.82) is 0 Å². The standard InChI is InChI=1S/C45H74N4O12S/c1-7-34(51)31(5)42-35(59-42)25-28(2)11-10-12-29(3)41-30(4)15-16-37(45(6,56)18-17-32(50)26-39(53)61-41)60-44(55)47-20-22-58-24-23-57-21-19-46-38(52)14-9-8-13-36-40-33(27-62-36)48-43(54)49-40/h10-12,15-16,28,30-37,40-42,50-51,56H,7-9,13-14,17-27H2,1-6H3,(H,46,52)(H,47,55)(H2,48,49,54)/b11-10+,16-15+,29-12+. The van der Waals surface area contributed by atoms with Crippen molar-refractivity contribution >= 4 is 35.8 Å². The van der Waals surface area contributed by atoms with E-state index in [1.165, 1.54) is 6.92 Å². The Morgan fingerprint density at radius 2 is 1.81 bits per heavy atom. The fraction of sp³-hybridized carbons (Fsp3) is 0.778.